The van der Waals surface area contributed by atoms with Gasteiger partial charge in [0.2, 0.25) is 0 Å². The second-order valence-electron chi connectivity index (χ2n) is 6.41. The van der Waals surface area contributed by atoms with Crippen LogP contribution in [0, 0.1) is 0 Å². The molecule has 0 fully saturated rings. The van der Waals surface area contributed by atoms with E-state index in [0.29, 0.717) is 11.3 Å². The zero-order valence-electron chi connectivity index (χ0n) is 15.2. The van der Waals surface area contributed by atoms with E-state index in [4.69, 9.17) is 4.74 Å². The maximum absolute atomic E-state index is 12.7. The molecule has 1 heterocycles. The molecule has 6 nitrogen and oxygen atoms in total. The van der Waals surface area contributed by atoms with Crippen molar-refractivity contribution in [3.63, 3.8) is 0 Å². The van der Waals surface area contributed by atoms with Gasteiger partial charge in [-0.3, -0.25) is 14.4 Å². The number of hydrogen-bond donors (Lipinski definition) is 0. The van der Waals surface area contributed by atoms with Crippen LogP contribution in [0.3, 0.4) is 0 Å². The minimum Gasteiger partial charge on any atom is -0.454 e. The molecule has 0 aliphatic carbocycles. The van der Waals surface area contributed by atoms with E-state index in [2.05, 4.69) is 0 Å². The predicted molar refractivity (Wildman–Crippen MR) is 105 cm³/mol. The van der Waals surface area contributed by atoms with Gasteiger partial charge >= 0.3 is 5.97 Å². The Morgan fingerprint density at radius 2 is 1.34 bits per heavy atom. The van der Waals surface area contributed by atoms with E-state index in [-0.39, 0.29) is 22.5 Å². The van der Waals surface area contributed by atoms with Crippen LogP contribution in [-0.2, 0) is 4.74 Å². The summed E-state index contributed by atoms with van der Waals surface area (Å²) in [5.41, 5.74) is 1.34. The molecule has 0 aromatic heterocycles. The van der Waals surface area contributed by atoms with Crippen molar-refractivity contribution in [1.82, 2.24) is 0 Å². The first-order valence-corrected chi connectivity index (χ1v) is 8.89. The molecule has 3 aromatic carbocycles. The van der Waals surface area contributed by atoms with Crippen molar-refractivity contribution in [3.8, 4) is 0 Å². The van der Waals surface area contributed by atoms with Crippen LogP contribution in [0.15, 0.2) is 78.9 Å². The Kier molecular flexibility index (Phi) is 4.75. The van der Waals surface area contributed by atoms with Gasteiger partial charge in [0, 0.05) is 5.56 Å². The first-order valence-electron chi connectivity index (χ1n) is 8.89. The molecule has 1 aliphatic rings. The Bertz CT molecular complexity index is 1120. The summed E-state index contributed by atoms with van der Waals surface area (Å²) >= 11 is 0. The number of amides is 2. The lowest BCUT2D eigenvalue weighted by molar-refractivity contribution is 0.0474. The molecule has 6 heteroatoms. The van der Waals surface area contributed by atoms with E-state index in [1.165, 1.54) is 18.2 Å². The summed E-state index contributed by atoms with van der Waals surface area (Å²) in [6.45, 7) is -0.414. The topological polar surface area (TPSA) is 80.8 Å². The van der Waals surface area contributed by atoms with E-state index < -0.39 is 24.4 Å². The van der Waals surface area contributed by atoms with Crippen LogP contribution in [-0.4, -0.2) is 30.2 Å². The fraction of sp³-hybridized carbons (Fsp3) is 0.0435. The summed E-state index contributed by atoms with van der Waals surface area (Å²) in [6.07, 6.45) is 0. The third-order valence-electron chi connectivity index (χ3n) is 4.57. The molecule has 0 saturated carbocycles. The summed E-state index contributed by atoms with van der Waals surface area (Å²) in [7, 11) is 0. The van der Waals surface area contributed by atoms with Crippen molar-refractivity contribution in [2.75, 3.05) is 11.5 Å². The van der Waals surface area contributed by atoms with Crippen molar-refractivity contribution in [1.29, 1.82) is 0 Å². The lowest BCUT2D eigenvalue weighted by atomic mass is 10.1. The maximum atomic E-state index is 12.7. The minimum absolute atomic E-state index is 0.0978. The molecule has 0 atom stereocenters. The molecular weight excluding hydrogens is 370 g/mol. The van der Waals surface area contributed by atoms with Crippen LogP contribution in [0.2, 0.25) is 0 Å². The quantitative estimate of drug-likeness (QED) is 0.381. The molecule has 0 saturated heterocycles. The van der Waals surface area contributed by atoms with Gasteiger partial charge in [-0.05, 0) is 30.3 Å². The zero-order chi connectivity index (χ0) is 20.4. The number of rotatable bonds is 5. The van der Waals surface area contributed by atoms with Gasteiger partial charge in [-0.15, -0.1) is 0 Å². The van der Waals surface area contributed by atoms with Crippen LogP contribution in [0.1, 0.15) is 41.4 Å². The van der Waals surface area contributed by atoms with Gasteiger partial charge in [0.15, 0.2) is 12.4 Å². The monoisotopic (exact) mass is 385 g/mol. The predicted octanol–water partition coefficient (Wildman–Crippen LogP) is 3.53. The molecule has 142 valence electrons. The Morgan fingerprint density at radius 3 is 2.03 bits per heavy atom. The average molecular weight is 385 g/mol. The number of Topliss-reactive ketones (excluding diaryl/α,β-unsaturated/α-hetero) is 1. The second-order valence-corrected chi connectivity index (χ2v) is 6.41. The standard InChI is InChI=1S/C23H15NO5/c25-20(15-7-3-1-4-8-15)14-29-23(28)16-11-12-18-19(13-16)22(27)24(21(18)26)17-9-5-2-6-10-17/h1-13H,14H2. The summed E-state index contributed by atoms with van der Waals surface area (Å²) in [4.78, 5) is 50.8. The highest BCUT2D eigenvalue weighted by Gasteiger charge is 2.37. The van der Waals surface area contributed by atoms with E-state index in [1.54, 1.807) is 60.7 Å². The van der Waals surface area contributed by atoms with Gasteiger partial charge in [0.1, 0.15) is 0 Å². The molecule has 0 bridgehead atoms. The highest BCUT2D eigenvalue weighted by atomic mass is 16.5. The number of hydrogen-bond acceptors (Lipinski definition) is 5. The molecule has 3 aromatic rings. The van der Waals surface area contributed by atoms with E-state index >= 15 is 0 Å². The number of para-hydroxylation sites is 1. The maximum Gasteiger partial charge on any atom is 0.338 e. The molecular formula is C23H15NO5. The number of anilines is 1. The number of nitrogens with zero attached hydrogens (tertiary/aromatic N) is 1. The number of carbonyl (C=O) groups excluding carboxylic acids is 4. The first-order chi connectivity index (χ1) is 14.1. The summed E-state index contributed by atoms with van der Waals surface area (Å²) < 4.78 is 5.08. The largest absolute Gasteiger partial charge is 0.454 e. The van der Waals surface area contributed by atoms with Crippen molar-refractivity contribution >= 4 is 29.3 Å². The van der Waals surface area contributed by atoms with Gasteiger partial charge in [-0.1, -0.05) is 48.5 Å². The molecule has 2 amide bonds. The van der Waals surface area contributed by atoms with E-state index in [9.17, 15) is 19.2 Å². The lowest BCUT2D eigenvalue weighted by Gasteiger charge is -2.13. The first kappa shape index (κ1) is 18.3. The summed E-state index contributed by atoms with van der Waals surface area (Å²) in [5, 5.41) is 0. The van der Waals surface area contributed by atoms with Crippen molar-refractivity contribution < 1.29 is 23.9 Å². The smallest absolute Gasteiger partial charge is 0.338 e. The van der Waals surface area contributed by atoms with Crippen LogP contribution in [0.4, 0.5) is 5.69 Å². The van der Waals surface area contributed by atoms with Crippen LogP contribution < -0.4 is 4.90 Å². The summed E-state index contributed by atoms with van der Waals surface area (Å²) in [5.74, 6) is -2.03. The van der Waals surface area contributed by atoms with Crippen LogP contribution >= 0.6 is 0 Å². The number of imide groups is 1. The summed E-state index contributed by atoms with van der Waals surface area (Å²) in [6, 6.07) is 21.2. The number of ether oxygens (including phenoxy) is 1. The molecule has 0 N–H and O–H groups in total. The van der Waals surface area contributed by atoms with Crippen molar-refractivity contribution in [3.05, 3.63) is 101 Å². The molecule has 1 aliphatic heterocycles. The van der Waals surface area contributed by atoms with Crippen molar-refractivity contribution in [2.24, 2.45) is 0 Å². The Balaban J connectivity index is 1.51. The minimum atomic E-state index is -0.740. The number of benzene rings is 3. The fourth-order valence-corrected chi connectivity index (χ4v) is 3.10. The van der Waals surface area contributed by atoms with Gasteiger partial charge in [-0.2, -0.15) is 0 Å². The van der Waals surface area contributed by atoms with E-state index in [1.807, 2.05) is 0 Å². The van der Waals surface area contributed by atoms with Gasteiger partial charge < -0.3 is 4.74 Å². The number of carbonyl (C=O) groups is 4. The fourth-order valence-electron chi connectivity index (χ4n) is 3.10. The SMILES string of the molecule is O=C(COC(=O)c1ccc2c(c1)C(=O)N(c1ccccc1)C2=O)c1ccccc1. The van der Waals surface area contributed by atoms with Crippen molar-refractivity contribution in [2.45, 2.75) is 0 Å². The molecule has 0 unspecified atom stereocenters. The number of ketones is 1. The molecule has 0 spiro atoms. The number of esters is 1. The van der Waals surface area contributed by atoms with E-state index in [0.717, 1.165) is 4.90 Å². The Labute approximate surface area is 166 Å². The van der Waals surface area contributed by atoms with Gasteiger partial charge in [-0.25, -0.2) is 9.69 Å². The van der Waals surface area contributed by atoms with Gasteiger partial charge in [0.25, 0.3) is 11.8 Å². The second kappa shape index (κ2) is 7.52. The van der Waals surface area contributed by atoms with Crippen LogP contribution in [0.5, 0.6) is 0 Å². The highest BCUT2D eigenvalue weighted by Crippen LogP contribution is 2.29. The highest BCUT2D eigenvalue weighted by molar-refractivity contribution is 6.34. The van der Waals surface area contributed by atoms with Gasteiger partial charge in [0.05, 0.1) is 22.4 Å². The Morgan fingerprint density at radius 1 is 0.724 bits per heavy atom. The molecule has 29 heavy (non-hydrogen) atoms. The lowest BCUT2D eigenvalue weighted by Crippen LogP contribution is -2.29. The molecule has 0 radical (unpaired) electrons. The third kappa shape index (κ3) is 3.43. The third-order valence-corrected chi connectivity index (χ3v) is 4.57. The Hall–Kier alpha value is -4.06. The number of fused-ring (bicyclic) bond motifs is 1. The average Bonchev–Trinajstić information content (AvgIpc) is 3.02. The molecule has 4 rings (SSSR count). The zero-order valence-corrected chi connectivity index (χ0v) is 15.2. The van der Waals surface area contributed by atoms with Crippen LogP contribution in [0.25, 0.3) is 0 Å². The normalized spacial score (nSPS) is 12.6.